The van der Waals surface area contributed by atoms with Crippen LogP contribution < -0.4 is 10.6 Å². The zero-order valence-electron chi connectivity index (χ0n) is 13.3. The lowest BCUT2D eigenvalue weighted by Gasteiger charge is -2.10. The molecule has 120 valence electrons. The molecule has 0 aliphatic carbocycles. The van der Waals surface area contributed by atoms with Gasteiger partial charge in [0.25, 0.3) is 5.91 Å². The molecule has 0 bridgehead atoms. The van der Waals surface area contributed by atoms with Gasteiger partial charge in [0.1, 0.15) is 0 Å². The predicted octanol–water partition coefficient (Wildman–Crippen LogP) is 2.52. The zero-order chi connectivity index (χ0) is 15.2. The first-order valence-electron chi connectivity index (χ1n) is 7.27. The van der Waals surface area contributed by atoms with Gasteiger partial charge in [-0.15, -0.1) is 12.4 Å². The Labute approximate surface area is 138 Å². The Morgan fingerprint density at radius 3 is 2.45 bits per heavy atom. The molecule has 0 atom stereocenters. The van der Waals surface area contributed by atoms with Crippen molar-refractivity contribution < 1.29 is 4.79 Å². The number of nitrogens with one attached hydrogen (secondary N) is 2. The van der Waals surface area contributed by atoms with Crippen molar-refractivity contribution in [3.8, 4) is 0 Å². The largest absolute Gasteiger partial charge is 0.351 e. The van der Waals surface area contributed by atoms with Gasteiger partial charge in [-0.25, -0.2) is 0 Å². The molecule has 1 aromatic carbocycles. The van der Waals surface area contributed by atoms with Crippen LogP contribution in [0.2, 0.25) is 0 Å². The van der Waals surface area contributed by atoms with Gasteiger partial charge in [0.15, 0.2) is 0 Å². The van der Waals surface area contributed by atoms with Crippen molar-refractivity contribution in [1.82, 2.24) is 15.2 Å². The van der Waals surface area contributed by atoms with E-state index in [-0.39, 0.29) is 18.3 Å². The van der Waals surface area contributed by atoms with E-state index in [9.17, 15) is 4.79 Å². The van der Waals surface area contributed by atoms with Crippen LogP contribution in [-0.4, -0.2) is 30.6 Å². The summed E-state index contributed by atoms with van der Waals surface area (Å²) in [7, 11) is 1.87. The van der Waals surface area contributed by atoms with Crippen LogP contribution in [0.1, 0.15) is 27.3 Å². The summed E-state index contributed by atoms with van der Waals surface area (Å²) in [5.41, 5.74) is 4.12. The number of carbonyl (C=O) groups excluding carboxylic acids is 1. The average molecular weight is 322 g/mol. The van der Waals surface area contributed by atoms with Crippen molar-refractivity contribution in [3.05, 3.63) is 58.9 Å². The van der Waals surface area contributed by atoms with Crippen LogP contribution >= 0.6 is 12.4 Å². The Morgan fingerprint density at radius 2 is 1.82 bits per heavy atom. The number of aryl methyl sites for hydroxylation is 1. The van der Waals surface area contributed by atoms with Crippen LogP contribution in [0.4, 0.5) is 0 Å². The molecular formula is C17H24ClN3O. The number of likely N-dealkylation sites (N-methyl/N-ethyl adjacent to an activating group) is 1. The molecular weight excluding hydrogens is 298 g/mol. The van der Waals surface area contributed by atoms with E-state index >= 15 is 0 Å². The highest BCUT2D eigenvalue weighted by molar-refractivity contribution is 5.95. The molecule has 5 heteroatoms. The van der Waals surface area contributed by atoms with E-state index in [1.165, 1.54) is 5.56 Å². The van der Waals surface area contributed by atoms with Gasteiger partial charge in [-0.1, -0.05) is 30.3 Å². The summed E-state index contributed by atoms with van der Waals surface area (Å²) in [6.45, 7) is 6.25. The molecule has 2 rings (SSSR count). The van der Waals surface area contributed by atoms with E-state index in [4.69, 9.17) is 0 Å². The summed E-state index contributed by atoms with van der Waals surface area (Å²) in [6, 6.07) is 12.3. The smallest absolute Gasteiger partial charge is 0.253 e. The molecule has 0 aliphatic heterocycles. The van der Waals surface area contributed by atoms with Crippen LogP contribution in [0.5, 0.6) is 0 Å². The zero-order valence-corrected chi connectivity index (χ0v) is 14.2. The van der Waals surface area contributed by atoms with Crippen molar-refractivity contribution in [3.63, 3.8) is 0 Å². The van der Waals surface area contributed by atoms with E-state index in [1.54, 1.807) is 0 Å². The van der Waals surface area contributed by atoms with E-state index in [1.807, 2.05) is 45.2 Å². The molecule has 22 heavy (non-hydrogen) atoms. The average Bonchev–Trinajstić information content (AvgIpc) is 2.77. The number of aromatic nitrogens is 1. The Hall–Kier alpha value is -1.78. The maximum atomic E-state index is 12.2. The topological polar surface area (TPSA) is 46.1 Å². The quantitative estimate of drug-likeness (QED) is 0.803. The number of hydrogen-bond donors (Lipinski definition) is 2. The van der Waals surface area contributed by atoms with Crippen LogP contribution in [0.25, 0.3) is 0 Å². The van der Waals surface area contributed by atoms with Crippen molar-refractivity contribution >= 4 is 18.3 Å². The first kappa shape index (κ1) is 18.3. The maximum absolute atomic E-state index is 12.2. The third kappa shape index (κ3) is 4.36. The number of carbonyl (C=O) groups is 1. The van der Waals surface area contributed by atoms with Crippen LogP contribution in [-0.2, 0) is 6.54 Å². The molecule has 0 unspecified atom stereocenters. The molecule has 4 nitrogen and oxygen atoms in total. The molecule has 0 aliphatic rings. The summed E-state index contributed by atoms with van der Waals surface area (Å²) < 4.78 is 2.18. The van der Waals surface area contributed by atoms with Crippen LogP contribution in [0, 0.1) is 13.8 Å². The molecule has 0 fully saturated rings. The molecule has 2 N–H and O–H groups in total. The van der Waals surface area contributed by atoms with Gasteiger partial charge in [-0.05, 0) is 32.5 Å². The van der Waals surface area contributed by atoms with Gasteiger partial charge in [0.2, 0.25) is 0 Å². The van der Waals surface area contributed by atoms with Gasteiger partial charge < -0.3 is 15.2 Å². The number of rotatable bonds is 6. The van der Waals surface area contributed by atoms with Crippen LogP contribution in [0.3, 0.4) is 0 Å². The number of benzene rings is 1. The summed E-state index contributed by atoms with van der Waals surface area (Å²) >= 11 is 0. The minimum absolute atomic E-state index is 0. The minimum atomic E-state index is -0.00217. The summed E-state index contributed by atoms with van der Waals surface area (Å²) in [5, 5.41) is 5.95. The Balaban J connectivity index is 0.00000242. The highest BCUT2D eigenvalue weighted by Gasteiger charge is 2.15. The number of halogens is 1. The fourth-order valence-corrected chi connectivity index (χ4v) is 2.44. The fraction of sp³-hybridized carbons (Fsp3) is 0.353. The Kier molecular flexibility index (Phi) is 7.15. The molecule has 0 radical (unpaired) electrons. The third-order valence-corrected chi connectivity index (χ3v) is 3.66. The van der Waals surface area contributed by atoms with Crippen molar-refractivity contribution in [2.75, 3.05) is 20.1 Å². The molecule has 2 aromatic rings. The molecule has 1 aromatic heterocycles. The van der Waals surface area contributed by atoms with Gasteiger partial charge in [0, 0.05) is 31.0 Å². The standard InChI is InChI=1S/C17H23N3O.ClH/c1-13-11-16(17(21)19-10-9-18-3)14(2)20(13)12-15-7-5-4-6-8-15;/h4-8,11,18H,9-10,12H2,1-3H3,(H,19,21);1H. The maximum Gasteiger partial charge on any atom is 0.253 e. The van der Waals surface area contributed by atoms with Gasteiger partial charge in [0.05, 0.1) is 5.56 Å². The second-order valence-corrected chi connectivity index (χ2v) is 5.22. The first-order valence-corrected chi connectivity index (χ1v) is 7.27. The SMILES string of the molecule is CNCCNC(=O)c1cc(C)n(Cc2ccccc2)c1C.Cl. The number of amides is 1. The van der Waals surface area contributed by atoms with Crippen molar-refractivity contribution in [1.29, 1.82) is 0 Å². The molecule has 1 amide bonds. The third-order valence-electron chi connectivity index (χ3n) is 3.66. The summed E-state index contributed by atoms with van der Waals surface area (Å²) in [6.07, 6.45) is 0. The highest BCUT2D eigenvalue weighted by atomic mass is 35.5. The van der Waals surface area contributed by atoms with Gasteiger partial charge >= 0.3 is 0 Å². The lowest BCUT2D eigenvalue weighted by molar-refractivity contribution is 0.0953. The van der Waals surface area contributed by atoms with Crippen molar-refractivity contribution in [2.24, 2.45) is 0 Å². The van der Waals surface area contributed by atoms with Crippen LogP contribution in [0.15, 0.2) is 36.4 Å². The molecule has 1 heterocycles. The monoisotopic (exact) mass is 321 g/mol. The van der Waals surface area contributed by atoms with E-state index < -0.39 is 0 Å². The van der Waals surface area contributed by atoms with Gasteiger partial charge in [-0.3, -0.25) is 4.79 Å². The van der Waals surface area contributed by atoms with E-state index in [0.717, 1.165) is 30.0 Å². The Bertz CT molecular complexity index is 608. The Morgan fingerprint density at radius 1 is 1.14 bits per heavy atom. The lowest BCUT2D eigenvalue weighted by Crippen LogP contribution is -2.30. The van der Waals surface area contributed by atoms with E-state index in [2.05, 4.69) is 27.3 Å². The summed E-state index contributed by atoms with van der Waals surface area (Å²) in [5.74, 6) is -0.00217. The molecule has 0 spiro atoms. The number of hydrogen-bond acceptors (Lipinski definition) is 2. The second-order valence-electron chi connectivity index (χ2n) is 5.22. The van der Waals surface area contributed by atoms with Crippen molar-refractivity contribution in [2.45, 2.75) is 20.4 Å². The molecule has 0 saturated carbocycles. The van der Waals surface area contributed by atoms with Gasteiger partial charge in [-0.2, -0.15) is 0 Å². The second kappa shape index (κ2) is 8.61. The number of nitrogens with zero attached hydrogens (tertiary/aromatic N) is 1. The summed E-state index contributed by atoms with van der Waals surface area (Å²) in [4.78, 5) is 12.2. The minimum Gasteiger partial charge on any atom is -0.351 e. The molecule has 0 saturated heterocycles. The predicted molar refractivity (Wildman–Crippen MR) is 93.0 cm³/mol. The first-order chi connectivity index (χ1) is 10.1. The lowest BCUT2D eigenvalue weighted by atomic mass is 10.2. The fourth-order valence-electron chi connectivity index (χ4n) is 2.44. The highest BCUT2D eigenvalue weighted by Crippen LogP contribution is 2.17. The van der Waals surface area contributed by atoms with E-state index in [0.29, 0.717) is 6.54 Å². The normalized spacial score (nSPS) is 10.1.